The Morgan fingerprint density at radius 1 is 1.23 bits per heavy atom. The van der Waals surface area contributed by atoms with Crippen LogP contribution in [-0.4, -0.2) is 19.7 Å². The van der Waals surface area contributed by atoms with Crippen LogP contribution in [0.1, 0.15) is 29.2 Å². The van der Waals surface area contributed by atoms with Crippen LogP contribution < -0.4 is 5.73 Å². The Labute approximate surface area is 133 Å². The van der Waals surface area contributed by atoms with Crippen LogP contribution in [0.5, 0.6) is 0 Å². The van der Waals surface area contributed by atoms with Gasteiger partial charge in [0.05, 0.1) is 11.4 Å². The van der Waals surface area contributed by atoms with E-state index in [2.05, 4.69) is 17.0 Å². The number of nitrogens with zero attached hydrogens (tertiary/aromatic N) is 4. The van der Waals surface area contributed by atoms with Gasteiger partial charge in [-0.3, -0.25) is 9.67 Å². The second-order valence-electron chi connectivity index (χ2n) is 5.43. The Kier molecular flexibility index (Phi) is 3.80. The van der Waals surface area contributed by atoms with Crippen LogP contribution in [-0.2, 0) is 7.05 Å². The maximum Gasteiger partial charge on any atom is 0.124 e. The summed E-state index contributed by atoms with van der Waals surface area (Å²) in [5.41, 5.74) is 11.4. The minimum Gasteiger partial charge on any atom is -0.323 e. The summed E-state index contributed by atoms with van der Waals surface area (Å²) < 4.78 is 1.89. The molecule has 3 aromatic rings. The Morgan fingerprint density at radius 2 is 1.91 bits per heavy atom. The molecule has 5 nitrogen and oxygen atoms in total. The van der Waals surface area contributed by atoms with Crippen LogP contribution in [0.3, 0.4) is 0 Å². The molecule has 3 rings (SSSR count). The zero-order chi connectivity index (χ0) is 15.9. The van der Waals surface area contributed by atoms with E-state index in [9.17, 15) is 0 Å². The smallest absolute Gasteiger partial charge is 0.124 e. The molecule has 6 heteroatoms. The summed E-state index contributed by atoms with van der Waals surface area (Å²) in [4.78, 5) is 10.0. The summed E-state index contributed by atoms with van der Waals surface area (Å²) in [6.45, 7) is 6.07. The highest BCUT2D eigenvalue weighted by molar-refractivity contribution is 7.15. The van der Waals surface area contributed by atoms with Crippen LogP contribution in [0.2, 0.25) is 0 Å². The summed E-state index contributed by atoms with van der Waals surface area (Å²) in [5.74, 6) is 0. The number of pyridine rings is 1. The second kappa shape index (κ2) is 5.62. The predicted octanol–water partition coefficient (Wildman–Crippen LogP) is 3.24. The number of hydrogen-bond acceptors (Lipinski definition) is 5. The van der Waals surface area contributed by atoms with E-state index in [4.69, 9.17) is 10.7 Å². The van der Waals surface area contributed by atoms with E-state index < -0.39 is 0 Å². The van der Waals surface area contributed by atoms with Crippen molar-refractivity contribution in [2.45, 2.75) is 26.8 Å². The Balaban J connectivity index is 2.21. The van der Waals surface area contributed by atoms with Crippen LogP contribution in [0.25, 0.3) is 21.8 Å². The third-order valence-electron chi connectivity index (χ3n) is 3.74. The fourth-order valence-electron chi connectivity index (χ4n) is 2.55. The van der Waals surface area contributed by atoms with Crippen molar-refractivity contribution in [2.75, 3.05) is 0 Å². The third-order valence-corrected chi connectivity index (χ3v) is 5.05. The van der Waals surface area contributed by atoms with Crippen LogP contribution in [0.15, 0.2) is 24.5 Å². The lowest BCUT2D eigenvalue weighted by Gasteiger charge is -2.05. The largest absolute Gasteiger partial charge is 0.323 e. The fraction of sp³-hybridized carbons (Fsp3) is 0.312. The minimum atomic E-state index is -0.0675. The van der Waals surface area contributed by atoms with Gasteiger partial charge in [0, 0.05) is 47.2 Å². The molecule has 3 heterocycles. The first-order valence-corrected chi connectivity index (χ1v) is 7.98. The number of thiazole rings is 1. The Morgan fingerprint density at radius 3 is 2.45 bits per heavy atom. The molecule has 0 aliphatic heterocycles. The van der Waals surface area contributed by atoms with E-state index >= 15 is 0 Å². The topological polar surface area (TPSA) is 69.6 Å². The predicted molar refractivity (Wildman–Crippen MR) is 89.6 cm³/mol. The molecule has 0 saturated carbocycles. The van der Waals surface area contributed by atoms with Gasteiger partial charge in [0.2, 0.25) is 0 Å². The SMILES string of the molecule is Cc1nn(C)c(C)c1-c1nc(-c2ccncc2)sc1C(C)N. The van der Waals surface area contributed by atoms with Gasteiger partial charge in [-0.2, -0.15) is 5.10 Å². The van der Waals surface area contributed by atoms with Crippen molar-refractivity contribution in [3.8, 4) is 21.8 Å². The highest BCUT2D eigenvalue weighted by Crippen LogP contribution is 2.38. The fourth-order valence-corrected chi connectivity index (χ4v) is 3.58. The lowest BCUT2D eigenvalue weighted by molar-refractivity contribution is 0.731. The second-order valence-corrected chi connectivity index (χ2v) is 6.46. The first-order chi connectivity index (χ1) is 10.5. The summed E-state index contributed by atoms with van der Waals surface area (Å²) in [6.07, 6.45) is 3.56. The van der Waals surface area contributed by atoms with E-state index in [0.717, 1.165) is 38.1 Å². The van der Waals surface area contributed by atoms with Gasteiger partial charge in [0.1, 0.15) is 5.01 Å². The molecule has 0 fully saturated rings. The zero-order valence-corrected chi connectivity index (χ0v) is 14.0. The lowest BCUT2D eigenvalue weighted by atomic mass is 10.1. The van der Waals surface area contributed by atoms with Gasteiger partial charge in [0.25, 0.3) is 0 Å². The van der Waals surface area contributed by atoms with Crippen molar-refractivity contribution in [1.82, 2.24) is 19.7 Å². The molecule has 0 aliphatic carbocycles. The Bertz CT molecular complexity index is 802. The quantitative estimate of drug-likeness (QED) is 0.806. The number of aryl methyl sites for hydroxylation is 2. The van der Waals surface area contributed by atoms with E-state index in [-0.39, 0.29) is 6.04 Å². The third kappa shape index (κ3) is 2.44. The maximum atomic E-state index is 6.18. The molecule has 1 atom stereocenters. The van der Waals surface area contributed by atoms with Gasteiger partial charge in [-0.15, -0.1) is 11.3 Å². The molecule has 0 aromatic carbocycles. The van der Waals surface area contributed by atoms with Crippen molar-refractivity contribution in [3.05, 3.63) is 40.8 Å². The number of rotatable bonds is 3. The minimum absolute atomic E-state index is 0.0675. The first-order valence-electron chi connectivity index (χ1n) is 7.16. The van der Waals surface area contributed by atoms with Crippen LogP contribution >= 0.6 is 11.3 Å². The van der Waals surface area contributed by atoms with E-state index in [0.29, 0.717) is 0 Å². The summed E-state index contributed by atoms with van der Waals surface area (Å²) >= 11 is 1.64. The normalized spacial score (nSPS) is 12.6. The summed E-state index contributed by atoms with van der Waals surface area (Å²) in [7, 11) is 1.95. The van der Waals surface area contributed by atoms with Crippen molar-refractivity contribution in [2.24, 2.45) is 12.8 Å². The summed E-state index contributed by atoms with van der Waals surface area (Å²) in [6, 6.07) is 3.87. The lowest BCUT2D eigenvalue weighted by Crippen LogP contribution is -2.04. The zero-order valence-electron chi connectivity index (χ0n) is 13.2. The summed E-state index contributed by atoms with van der Waals surface area (Å²) in [5, 5.41) is 5.47. The van der Waals surface area contributed by atoms with Crippen molar-refractivity contribution in [3.63, 3.8) is 0 Å². The van der Waals surface area contributed by atoms with Gasteiger partial charge in [-0.25, -0.2) is 4.98 Å². The monoisotopic (exact) mass is 313 g/mol. The molecule has 0 spiro atoms. The van der Waals surface area contributed by atoms with Gasteiger partial charge in [-0.05, 0) is 32.9 Å². The molecule has 0 amide bonds. The molecule has 2 N–H and O–H groups in total. The molecule has 3 aromatic heterocycles. The standard InChI is InChI=1S/C16H19N5S/c1-9(17)15-14(13-10(2)20-21(4)11(13)3)19-16(22-15)12-5-7-18-8-6-12/h5-9H,17H2,1-4H3. The van der Waals surface area contributed by atoms with Crippen molar-refractivity contribution >= 4 is 11.3 Å². The molecule has 0 aliphatic rings. The van der Waals surface area contributed by atoms with Gasteiger partial charge in [0.15, 0.2) is 0 Å². The molecule has 114 valence electrons. The molecule has 22 heavy (non-hydrogen) atoms. The Hall–Kier alpha value is -2.05. The number of hydrogen-bond donors (Lipinski definition) is 1. The molecular formula is C16H19N5S. The van der Waals surface area contributed by atoms with E-state index in [1.54, 1.807) is 23.7 Å². The van der Waals surface area contributed by atoms with Crippen LogP contribution in [0, 0.1) is 13.8 Å². The van der Waals surface area contributed by atoms with Gasteiger partial charge < -0.3 is 5.73 Å². The first kappa shape index (κ1) is 14.9. The highest BCUT2D eigenvalue weighted by Gasteiger charge is 2.22. The highest BCUT2D eigenvalue weighted by atomic mass is 32.1. The average Bonchev–Trinajstić information content (AvgIpc) is 3.02. The molecule has 0 bridgehead atoms. The number of nitrogens with two attached hydrogens (primary N) is 1. The van der Waals surface area contributed by atoms with E-state index in [1.807, 2.05) is 37.7 Å². The molecular weight excluding hydrogens is 294 g/mol. The van der Waals surface area contributed by atoms with Crippen LogP contribution in [0.4, 0.5) is 0 Å². The van der Waals surface area contributed by atoms with Crippen molar-refractivity contribution in [1.29, 1.82) is 0 Å². The molecule has 0 radical (unpaired) electrons. The molecule has 1 unspecified atom stereocenters. The molecule has 0 saturated heterocycles. The number of aromatic nitrogens is 4. The average molecular weight is 313 g/mol. The van der Waals surface area contributed by atoms with Gasteiger partial charge >= 0.3 is 0 Å². The maximum absolute atomic E-state index is 6.18. The van der Waals surface area contributed by atoms with Crippen molar-refractivity contribution < 1.29 is 0 Å². The van der Waals surface area contributed by atoms with E-state index in [1.165, 1.54) is 0 Å². The van der Waals surface area contributed by atoms with Gasteiger partial charge in [-0.1, -0.05) is 0 Å².